The van der Waals surface area contributed by atoms with Crippen molar-refractivity contribution < 1.29 is 5.21 Å². The molecule has 5 heteroatoms. The predicted molar refractivity (Wildman–Crippen MR) is 81.6 cm³/mol. The van der Waals surface area contributed by atoms with Gasteiger partial charge in [-0.2, -0.15) is 0 Å². The molecule has 0 radical (unpaired) electrons. The van der Waals surface area contributed by atoms with Crippen LogP contribution in [0.2, 0.25) is 0 Å². The molecule has 0 unspecified atom stereocenters. The molecule has 0 aromatic carbocycles. The number of hydrogen-bond donors (Lipinski definition) is 2. The number of nitrogens with zero attached hydrogens (tertiary/aromatic N) is 3. The predicted octanol–water partition coefficient (Wildman–Crippen LogP) is 2.46. The van der Waals surface area contributed by atoms with Crippen LogP contribution in [0.25, 0.3) is 0 Å². The molecule has 112 valence electrons. The second-order valence-corrected chi connectivity index (χ2v) is 5.66. The van der Waals surface area contributed by atoms with Crippen LogP contribution in [-0.2, 0) is 6.54 Å². The molecule has 0 saturated heterocycles. The molecule has 0 spiro atoms. The summed E-state index contributed by atoms with van der Waals surface area (Å²) in [6.07, 6.45) is 3.72. The van der Waals surface area contributed by atoms with E-state index in [2.05, 4.69) is 22.0 Å². The van der Waals surface area contributed by atoms with Crippen molar-refractivity contribution in [2.75, 3.05) is 13.1 Å². The molecular weight excluding hydrogens is 252 g/mol. The first-order valence-corrected chi connectivity index (χ1v) is 7.10. The highest BCUT2D eigenvalue weighted by molar-refractivity contribution is 5.85. The van der Waals surface area contributed by atoms with Gasteiger partial charge in [0, 0.05) is 18.2 Å². The summed E-state index contributed by atoms with van der Waals surface area (Å²) >= 11 is 0. The number of amidine groups is 1. The van der Waals surface area contributed by atoms with E-state index in [1.165, 1.54) is 0 Å². The Morgan fingerprint density at radius 3 is 2.75 bits per heavy atom. The minimum atomic E-state index is -0.265. The number of aromatic nitrogens is 1. The number of rotatable bonds is 8. The Hall–Kier alpha value is -1.62. The molecule has 0 saturated carbocycles. The average molecular weight is 278 g/mol. The lowest BCUT2D eigenvalue weighted by atomic mass is 9.86. The maximum Gasteiger partial charge on any atom is 0.144 e. The Morgan fingerprint density at radius 1 is 1.45 bits per heavy atom. The largest absolute Gasteiger partial charge is 0.409 e. The fourth-order valence-electron chi connectivity index (χ4n) is 2.08. The van der Waals surface area contributed by atoms with Crippen LogP contribution in [-0.4, -0.2) is 34.0 Å². The second kappa shape index (κ2) is 7.85. The topological polar surface area (TPSA) is 74.7 Å². The first kappa shape index (κ1) is 16.4. The summed E-state index contributed by atoms with van der Waals surface area (Å²) in [7, 11) is 0. The molecule has 1 rings (SSSR count). The zero-order chi connectivity index (χ0) is 15.0. The van der Waals surface area contributed by atoms with E-state index in [4.69, 9.17) is 10.9 Å². The summed E-state index contributed by atoms with van der Waals surface area (Å²) in [4.78, 5) is 6.70. The Labute approximate surface area is 121 Å². The van der Waals surface area contributed by atoms with Gasteiger partial charge in [-0.1, -0.05) is 32.0 Å². The Bertz CT molecular complexity index is 417. The third-order valence-electron chi connectivity index (χ3n) is 3.64. The Balaban J connectivity index is 2.43. The molecule has 0 fully saturated rings. The van der Waals surface area contributed by atoms with Crippen molar-refractivity contribution in [2.24, 2.45) is 16.3 Å². The van der Waals surface area contributed by atoms with E-state index in [0.717, 1.165) is 38.2 Å². The van der Waals surface area contributed by atoms with E-state index < -0.39 is 0 Å². The molecule has 0 atom stereocenters. The van der Waals surface area contributed by atoms with E-state index in [9.17, 15) is 0 Å². The molecule has 3 N–H and O–H groups in total. The first-order chi connectivity index (χ1) is 9.49. The van der Waals surface area contributed by atoms with Crippen LogP contribution < -0.4 is 5.73 Å². The highest BCUT2D eigenvalue weighted by atomic mass is 16.4. The summed E-state index contributed by atoms with van der Waals surface area (Å²) in [5, 5.41) is 11.9. The number of oxime groups is 1. The van der Waals surface area contributed by atoms with Gasteiger partial charge in [0.25, 0.3) is 0 Å². The number of pyridine rings is 1. The fourth-order valence-corrected chi connectivity index (χ4v) is 2.08. The summed E-state index contributed by atoms with van der Waals surface area (Å²) in [5.41, 5.74) is 6.52. The SMILES string of the molecule is CCN(CCCC(C)(C)/C(N)=N/O)Cc1ccccn1. The van der Waals surface area contributed by atoms with E-state index in [0.29, 0.717) is 5.84 Å². The normalized spacial score (nSPS) is 12.9. The number of nitrogens with two attached hydrogens (primary N) is 1. The van der Waals surface area contributed by atoms with Crippen molar-refractivity contribution >= 4 is 5.84 Å². The van der Waals surface area contributed by atoms with Gasteiger partial charge in [0.2, 0.25) is 0 Å². The van der Waals surface area contributed by atoms with Crippen LogP contribution in [0.15, 0.2) is 29.6 Å². The Morgan fingerprint density at radius 2 is 2.20 bits per heavy atom. The first-order valence-electron chi connectivity index (χ1n) is 7.10. The lowest BCUT2D eigenvalue weighted by molar-refractivity contribution is 0.256. The van der Waals surface area contributed by atoms with Gasteiger partial charge in [-0.3, -0.25) is 9.88 Å². The Kier molecular flexibility index (Phi) is 6.45. The van der Waals surface area contributed by atoms with Gasteiger partial charge >= 0.3 is 0 Å². The molecule has 1 aromatic rings. The molecule has 1 aromatic heterocycles. The van der Waals surface area contributed by atoms with Gasteiger partial charge in [-0.15, -0.1) is 0 Å². The van der Waals surface area contributed by atoms with Crippen molar-refractivity contribution in [3.63, 3.8) is 0 Å². The third kappa shape index (κ3) is 5.17. The van der Waals surface area contributed by atoms with Gasteiger partial charge in [0.05, 0.1) is 5.69 Å². The fraction of sp³-hybridized carbons (Fsp3) is 0.600. The average Bonchev–Trinajstić information content (AvgIpc) is 2.46. The van der Waals surface area contributed by atoms with Crippen molar-refractivity contribution in [2.45, 2.75) is 40.2 Å². The van der Waals surface area contributed by atoms with E-state index in [1.807, 2.05) is 38.2 Å². The van der Waals surface area contributed by atoms with Gasteiger partial charge in [0.1, 0.15) is 5.84 Å². The molecule has 0 aliphatic rings. The molecule has 0 bridgehead atoms. The number of hydrogen-bond acceptors (Lipinski definition) is 4. The molecule has 1 heterocycles. The highest BCUT2D eigenvalue weighted by Gasteiger charge is 2.23. The minimum absolute atomic E-state index is 0.265. The quantitative estimate of drug-likeness (QED) is 0.331. The van der Waals surface area contributed by atoms with E-state index >= 15 is 0 Å². The maximum atomic E-state index is 8.76. The van der Waals surface area contributed by atoms with Crippen LogP contribution in [0.5, 0.6) is 0 Å². The molecule has 5 nitrogen and oxygen atoms in total. The van der Waals surface area contributed by atoms with Crippen LogP contribution in [0.1, 0.15) is 39.3 Å². The third-order valence-corrected chi connectivity index (χ3v) is 3.64. The van der Waals surface area contributed by atoms with Gasteiger partial charge < -0.3 is 10.9 Å². The molecule has 20 heavy (non-hydrogen) atoms. The molecule has 0 amide bonds. The molecule has 0 aliphatic carbocycles. The lowest BCUT2D eigenvalue weighted by Gasteiger charge is -2.25. The van der Waals surface area contributed by atoms with Crippen LogP contribution in [0.4, 0.5) is 0 Å². The van der Waals surface area contributed by atoms with E-state index in [-0.39, 0.29) is 5.41 Å². The van der Waals surface area contributed by atoms with Crippen molar-refractivity contribution in [3.8, 4) is 0 Å². The minimum Gasteiger partial charge on any atom is -0.409 e. The summed E-state index contributed by atoms with van der Waals surface area (Å²) in [6, 6.07) is 5.99. The molecule has 0 aliphatic heterocycles. The monoisotopic (exact) mass is 278 g/mol. The van der Waals surface area contributed by atoms with Crippen molar-refractivity contribution in [1.82, 2.24) is 9.88 Å². The molecular formula is C15H26N4O. The standard InChI is InChI=1S/C15H26N4O/c1-4-19(12-13-8-5-6-10-17-13)11-7-9-15(2,3)14(16)18-20/h5-6,8,10,20H,4,7,9,11-12H2,1-3H3,(H2,16,18). The van der Waals surface area contributed by atoms with Gasteiger partial charge in [-0.25, -0.2) is 0 Å². The highest BCUT2D eigenvalue weighted by Crippen LogP contribution is 2.22. The smallest absolute Gasteiger partial charge is 0.144 e. The van der Waals surface area contributed by atoms with Crippen LogP contribution >= 0.6 is 0 Å². The van der Waals surface area contributed by atoms with Crippen molar-refractivity contribution in [3.05, 3.63) is 30.1 Å². The zero-order valence-corrected chi connectivity index (χ0v) is 12.7. The van der Waals surface area contributed by atoms with Crippen molar-refractivity contribution in [1.29, 1.82) is 0 Å². The van der Waals surface area contributed by atoms with E-state index in [1.54, 1.807) is 0 Å². The van der Waals surface area contributed by atoms with Gasteiger partial charge in [0.15, 0.2) is 0 Å². The summed E-state index contributed by atoms with van der Waals surface area (Å²) in [5.74, 6) is 0.297. The summed E-state index contributed by atoms with van der Waals surface area (Å²) < 4.78 is 0. The van der Waals surface area contributed by atoms with Crippen LogP contribution in [0, 0.1) is 5.41 Å². The summed E-state index contributed by atoms with van der Waals surface area (Å²) in [6.45, 7) is 8.98. The second-order valence-electron chi connectivity index (χ2n) is 5.66. The lowest BCUT2D eigenvalue weighted by Crippen LogP contribution is -2.33. The van der Waals surface area contributed by atoms with Crippen LogP contribution in [0.3, 0.4) is 0 Å². The zero-order valence-electron chi connectivity index (χ0n) is 12.7. The van der Waals surface area contributed by atoms with Gasteiger partial charge in [-0.05, 0) is 38.1 Å². The maximum absolute atomic E-state index is 8.76.